The number of carbonyl (C=O) groups is 1. The molecule has 0 N–H and O–H groups in total. The highest BCUT2D eigenvalue weighted by molar-refractivity contribution is 6.09. The van der Waals surface area contributed by atoms with Crippen LogP contribution in [0.1, 0.15) is 28.4 Å². The van der Waals surface area contributed by atoms with E-state index in [-0.39, 0.29) is 11.2 Å². The number of benzene rings is 3. The lowest BCUT2D eigenvalue weighted by molar-refractivity contribution is 0.101. The molecule has 1 aliphatic heterocycles. The van der Waals surface area contributed by atoms with Gasteiger partial charge in [0, 0.05) is 28.1 Å². The molecule has 0 fully saturated rings. The smallest absolute Gasteiger partial charge is 0.182 e. The first-order valence-electron chi connectivity index (χ1n) is 8.53. The fourth-order valence-corrected chi connectivity index (χ4v) is 3.44. The molecule has 0 amide bonds. The van der Waals surface area contributed by atoms with Crippen LogP contribution in [0, 0.1) is 13.8 Å². The van der Waals surface area contributed by atoms with E-state index in [2.05, 4.69) is 0 Å². The molecular formula is C23H18O3. The van der Waals surface area contributed by atoms with Crippen molar-refractivity contribution < 1.29 is 9.21 Å². The van der Waals surface area contributed by atoms with Crippen molar-refractivity contribution in [3.8, 4) is 22.5 Å². The zero-order valence-electron chi connectivity index (χ0n) is 14.9. The minimum atomic E-state index is -0.102. The number of hydrogen-bond donors (Lipinski definition) is 0. The first-order chi connectivity index (χ1) is 12.4. The molecule has 0 atom stereocenters. The van der Waals surface area contributed by atoms with E-state index in [1.807, 2.05) is 50.2 Å². The lowest BCUT2D eigenvalue weighted by Gasteiger charge is -2.17. The maximum atomic E-state index is 12.3. The fraction of sp³-hybridized carbons (Fsp3) is 0.130. The molecule has 26 heavy (non-hydrogen) atoms. The quantitative estimate of drug-likeness (QED) is 0.363. The number of aryl methyl sites for hydroxylation is 2. The number of Topliss-reactive ketones (excluding diaryl/α,β-unsaturated/α-hetero) is 1. The Bertz CT molecular complexity index is 1200. The van der Waals surface area contributed by atoms with Crippen LogP contribution >= 0.6 is 0 Å². The van der Waals surface area contributed by atoms with E-state index >= 15 is 0 Å². The van der Waals surface area contributed by atoms with Crippen molar-refractivity contribution in [3.05, 3.63) is 81.5 Å². The number of ketones is 1. The molecule has 0 saturated carbocycles. The van der Waals surface area contributed by atoms with Gasteiger partial charge in [-0.2, -0.15) is 0 Å². The van der Waals surface area contributed by atoms with Gasteiger partial charge in [-0.1, -0.05) is 29.8 Å². The second kappa shape index (κ2) is 5.95. The summed E-state index contributed by atoms with van der Waals surface area (Å²) in [5, 5.41) is 0.924. The van der Waals surface area contributed by atoms with Gasteiger partial charge < -0.3 is 4.42 Å². The maximum Gasteiger partial charge on any atom is 0.182 e. The first kappa shape index (κ1) is 16.3. The number of rotatable bonds is 2. The van der Waals surface area contributed by atoms with Gasteiger partial charge in [-0.3, -0.25) is 9.59 Å². The monoisotopic (exact) mass is 342 g/mol. The molecule has 0 radical (unpaired) electrons. The summed E-state index contributed by atoms with van der Waals surface area (Å²) in [7, 11) is 0. The molecule has 0 unspecified atom stereocenters. The largest absolute Gasteiger partial charge is 0.456 e. The number of hydrogen-bond acceptors (Lipinski definition) is 3. The molecule has 128 valence electrons. The Morgan fingerprint density at radius 3 is 2.31 bits per heavy atom. The molecule has 3 nitrogen and oxygen atoms in total. The highest BCUT2D eigenvalue weighted by atomic mass is 16.3. The standard InChI is InChI=1S/C23H18O3/c1-13-4-7-17(20(10-13)15(3)24)23-18-8-5-14(2)11-21(18)26-22-12-16(25)6-9-19(22)23/h4-12H,1-3H3. The van der Waals surface area contributed by atoms with Crippen LogP contribution in [-0.2, 0) is 0 Å². The summed E-state index contributed by atoms with van der Waals surface area (Å²) in [6.07, 6.45) is 0. The molecule has 1 heterocycles. The van der Waals surface area contributed by atoms with Gasteiger partial charge in [0.2, 0.25) is 0 Å². The Balaban J connectivity index is 2.21. The average molecular weight is 342 g/mol. The van der Waals surface area contributed by atoms with Gasteiger partial charge in [0.1, 0.15) is 11.3 Å². The molecule has 3 heteroatoms. The Kier molecular flexibility index (Phi) is 3.73. The zero-order chi connectivity index (χ0) is 18.4. The molecule has 0 spiro atoms. The Morgan fingerprint density at radius 2 is 1.54 bits per heavy atom. The molecule has 1 aliphatic carbocycles. The van der Waals surface area contributed by atoms with Gasteiger partial charge in [0.25, 0.3) is 0 Å². The summed E-state index contributed by atoms with van der Waals surface area (Å²) in [6, 6.07) is 16.7. The van der Waals surface area contributed by atoms with Gasteiger partial charge in [-0.25, -0.2) is 0 Å². The fourth-order valence-electron chi connectivity index (χ4n) is 3.44. The van der Waals surface area contributed by atoms with Crippen LogP contribution in [0.4, 0.5) is 0 Å². The van der Waals surface area contributed by atoms with Crippen molar-refractivity contribution in [1.29, 1.82) is 0 Å². The predicted octanol–water partition coefficient (Wildman–Crippen LogP) is 5.38. The van der Waals surface area contributed by atoms with Crippen molar-refractivity contribution in [2.24, 2.45) is 0 Å². The van der Waals surface area contributed by atoms with Crippen molar-refractivity contribution in [2.45, 2.75) is 20.8 Å². The molecule has 2 aromatic rings. The third kappa shape index (κ3) is 2.62. The molecule has 2 aliphatic rings. The van der Waals surface area contributed by atoms with Crippen molar-refractivity contribution in [1.82, 2.24) is 0 Å². The molecule has 4 rings (SSSR count). The summed E-state index contributed by atoms with van der Waals surface area (Å²) in [5.41, 5.74) is 5.98. The normalized spacial score (nSPS) is 11.2. The molecule has 0 saturated heterocycles. The van der Waals surface area contributed by atoms with Gasteiger partial charge in [0.15, 0.2) is 11.2 Å². The summed E-state index contributed by atoms with van der Waals surface area (Å²) in [5.74, 6) is 0.541. The third-order valence-corrected chi connectivity index (χ3v) is 4.67. The second-order valence-corrected chi connectivity index (χ2v) is 6.74. The van der Waals surface area contributed by atoms with E-state index < -0.39 is 0 Å². The summed E-state index contributed by atoms with van der Waals surface area (Å²) in [6.45, 7) is 5.55. The molecular weight excluding hydrogens is 324 g/mol. The molecule has 0 bridgehead atoms. The van der Waals surface area contributed by atoms with Crippen molar-refractivity contribution in [2.75, 3.05) is 0 Å². The van der Waals surface area contributed by atoms with Crippen LogP contribution in [0.2, 0.25) is 0 Å². The van der Waals surface area contributed by atoms with E-state index in [4.69, 9.17) is 4.42 Å². The van der Waals surface area contributed by atoms with Gasteiger partial charge >= 0.3 is 0 Å². The van der Waals surface area contributed by atoms with Crippen LogP contribution in [0.15, 0.2) is 63.8 Å². The topological polar surface area (TPSA) is 47.3 Å². The van der Waals surface area contributed by atoms with E-state index in [1.54, 1.807) is 13.0 Å². The Hall–Kier alpha value is -3.20. The van der Waals surface area contributed by atoms with Crippen LogP contribution < -0.4 is 5.43 Å². The summed E-state index contributed by atoms with van der Waals surface area (Å²) in [4.78, 5) is 24.1. The second-order valence-electron chi connectivity index (χ2n) is 6.74. The van der Waals surface area contributed by atoms with Crippen LogP contribution in [0.3, 0.4) is 0 Å². The van der Waals surface area contributed by atoms with E-state index in [0.29, 0.717) is 16.9 Å². The van der Waals surface area contributed by atoms with Gasteiger partial charge in [0.05, 0.1) is 0 Å². The average Bonchev–Trinajstić information content (AvgIpc) is 2.59. The first-order valence-corrected chi connectivity index (χ1v) is 8.53. The molecule has 2 aromatic carbocycles. The number of fused-ring (bicyclic) bond motifs is 2. The highest BCUT2D eigenvalue weighted by Crippen LogP contribution is 2.41. The van der Waals surface area contributed by atoms with E-state index in [0.717, 1.165) is 33.2 Å². The SMILES string of the molecule is CC(=O)c1cc(C)ccc1-c1c2ccc(=O)cc-2oc2cc(C)ccc12. The Labute approximate surface area is 151 Å². The van der Waals surface area contributed by atoms with Crippen LogP contribution in [0.5, 0.6) is 0 Å². The summed E-state index contributed by atoms with van der Waals surface area (Å²) >= 11 is 0. The Morgan fingerprint density at radius 1 is 0.846 bits per heavy atom. The van der Waals surface area contributed by atoms with Gasteiger partial charge in [-0.15, -0.1) is 0 Å². The zero-order valence-corrected chi connectivity index (χ0v) is 14.9. The van der Waals surface area contributed by atoms with Crippen LogP contribution in [-0.4, -0.2) is 5.78 Å². The lowest BCUT2D eigenvalue weighted by atomic mass is 9.89. The lowest BCUT2D eigenvalue weighted by Crippen LogP contribution is -2.02. The third-order valence-electron chi connectivity index (χ3n) is 4.67. The minimum Gasteiger partial charge on any atom is -0.456 e. The molecule has 0 aromatic heterocycles. The highest BCUT2D eigenvalue weighted by Gasteiger charge is 2.20. The van der Waals surface area contributed by atoms with Crippen LogP contribution in [0.25, 0.3) is 33.4 Å². The maximum absolute atomic E-state index is 12.3. The van der Waals surface area contributed by atoms with Crippen molar-refractivity contribution in [3.63, 3.8) is 0 Å². The van der Waals surface area contributed by atoms with Gasteiger partial charge in [-0.05, 0) is 56.2 Å². The minimum absolute atomic E-state index is 0.0124. The van der Waals surface area contributed by atoms with E-state index in [9.17, 15) is 9.59 Å². The predicted molar refractivity (Wildman–Crippen MR) is 104 cm³/mol. The van der Waals surface area contributed by atoms with E-state index in [1.165, 1.54) is 12.1 Å². The summed E-state index contributed by atoms with van der Waals surface area (Å²) < 4.78 is 6.01. The van der Waals surface area contributed by atoms with Crippen molar-refractivity contribution >= 4 is 16.8 Å². The number of carbonyl (C=O) groups excluding carboxylic acids is 1.